The van der Waals surface area contributed by atoms with E-state index in [1.165, 1.54) is 24.8 Å². The lowest BCUT2D eigenvalue weighted by atomic mass is 9.98. The molecule has 9 heteroatoms. The third-order valence-electron chi connectivity index (χ3n) is 5.99. The third kappa shape index (κ3) is 4.84. The van der Waals surface area contributed by atoms with Gasteiger partial charge in [0.1, 0.15) is 0 Å². The van der Waals surface area contributed by atoms with Crippen molar-refractivity contribution in [3.63, 3.8) is 0 Å². The highest BCUT2D eigenvalue weighted by Crippen LogP contribution is 2.23. The minimum Gasteiger partial charge on any atom is -0.378 e. The van der Waals surface area contributed by atoms with Crippen molar-refractivity contribution in [1.29, 1.82) is 0 Å². The van der Waals surface area contributed by atoms with Gasteiger partial charge in [0, 0.05) is 51.0 Å². The summed E-state index contributed by atoms with van der Waals surface area (Å²) in [6.45, 7) is 7.35. The van der Waals surface area contributed by atoms with Crippen LogP contribution in [0.25, 0.3) is 0 Å². The lowest BCUT2D eigenvalue weighted by Crippen LogP contribution is -2.40. The van der Waals surface area contributed by atoms with Crippen LogP contribution in [-0.2, 0) is 24.9 Å². The molecular weight excluding hydrogens is 370 g/mol. The summed E-state index contributed by atoms with van der Waals surface area (Å²) in [5, 5.41) is 12.8. The number of aryl methyl sites for hydroxylation is 3. The monoisotopic (exact) mass is 401 g/mol. The molecule has 29 heavy (non-hydrogen) atoms. The number of carbonyl (C=O) groups excluding carboxylic acids is 1. The molecule has 158 valence electrons. The Kier molecular flexibility index (Phi) is 6.25. The van der Waals surface area contributed by atoms with Gasteiger partial charge in [-0.15, -0.1) is 5.10 Å². The number of hydrogen-bond donors (Lipinski definition) is 0. The van der Waals surface area contributed by atoms with Crippen LogP contribution in [0.15, 0.2) is 12.4 Å². The molecule has 2 aliphatic rings. The van der Waals surface area contributed by atoms with E-state index in [1.807, 2.05) is 16.4 Å². The first-order valence-corrected chi connectivity index (χ1v) is 10.6. The van der Waals surface area contributed by atoms with Crippen LogP contribution < -0.4 is 0 Å². The Balaban J connectivity index is 1.34. The zero-order valence-corrected chi connectivity index (χ0v) is 17.5. The average Bonchev–Trinajstić information content (AvgIpc) is 3.33. The SMILES string of the molecule is Cc1nn(C)cc1CN1CCCCC1CCn1cc(C(=O)N2CCOCC2)nn1. The molecular formula is C20H31N7O2. The number of amides is 1. The Labute approximate surface area is 171 Å². The minimum atomic E-state index is -0.0501. The lowest BCUT2D eigenvalue weighted by Gasteiger charge is -2.35. The molecule has 0 N–H and O–H groups in total. The first-order valence-electron chi connectivity index (χ1n) is 10.6. The van der Waals surface area contributed by atoms with E-state index >= 15 is 0 Å². The van der Waals surface area contributed by atoms with Gasteiger partial charge in [-0.25, -0.2) is 0 Å². The predicted molar refractivity (Wildman–Crippen MR) is 107 cm³/mol. The van der Waals surface area contributed by atoms with Crippen LogP contribution in [0, 0.1) is 6.92 Å². The molecule has 0 radical (unpaired) electrons. The van der Waals surface area contributed by atoms with Gasteiger partial charge in [-0.3, -0.25) is 19.1 Å². The van der Waals surface area contributed by atoms with Crippen molar-refractivity contribution in [2.24, 2.45) is 7.05 Å². The van der Waals surface area contributed by atoms with Gasteiger partial charge in [0.2, 0.25) is 0 Å². The number of carbonyl (C=O) groups is 1. The molecule has 0 aromatic carbocycles. The molecule has 1 atom stereocenters. The topological polar surface area (TPSA) is 81.3 Å². The zero-order chi connectivity index (χ0) is 20.2. The highest BCUT2D eigenvalue weighted by molar-refractivity contribution is 5.91. The molecule has 1 unspecified atom stereocenters. The molecule has 0 aliphatic carbocycles. The van der Waals surface area contributed by atoms with Gasteiger partial charge in [0.05, 0.1) is 25.1 Å². The Morgan fingerprint density at radius 3 is 2.79 bits per heavy atom. The molecule has 9 nitrogen and oxygen atoms in total. The van der Waals surface area contributed by atoms with Gasteiger partial charge < -0.3 is 9.64 Å². The van der Waals surface area contributed by atoms with Crippen LogP contribution in [0.1, 0.15) is 47.4 Å². The van der Waals surface area contributed by atoms with Crippen LogP contribution in [0.2, 0.25) is 0 Å². The first-order chi connectivity index (χ1) is 14.1. The normalized spacial score (nSPS) is 20.9. The quantitative estimate of drug-likeness (QED) is 0.724. The van der Waals surface area contributed by atoms with Crippen molar-refractivity contribution in [3.8, 4) is 0 Å². The first kappa shape index (κ1) is 20.0. The van der Waals surface area contributed by atoms with Crippen LogP contribution in [0.3, 0.4) is 0 Å². The molecule has 0 saturated carbocycles. The molecule has 2 aromatic rings. The summed E-state index contributed by atoms with van der Waals surface area (Å²) >= 11 is 0. The summed E-state index contributed by atoms with van der Waals surface area (Å²) < 4.78 is 9.02. The van der Waals surface area contributed by atoms with Crippen LogP contribution >= 0.6 is 0 Å². The number of morpholine rings is 1. The van der Waals surface area contributed by atoms with E-state index in [1.54, 1.807) is 11.1 Å². The Bertz CT molecular complexity index is 825. The maximum atomic E-state index is 12.5. The Morgan fingerprint density at radius 1 is 1.21 bits per heavy atom. The van der Waals surface area contributed by atoms with Crippen molar-refractivity contribution in [3.05, 3.63) is 29.3 Å². The van der Waals surface area contributed by atoms with E-state index in [-0.39, 0.29) is 5.91 Å². The van der Waals surface area contributed by atoms with Gasteiger partial charge in [0.25, 0.3) is 5.91 Å². The van der Waals surface area contributed by atoms with Crippen molar-refractivity contribution < 1.29 is 9.53 Å². The molecule has 2 aromatic heterocycles. The van der Waals surface area contributed by atoms with E-state index < -0.39 is 0 Å². The van der Waals surface area contributed by atoms with Gasteiger partial charge in [0.15, 0.2) is 5.69 Å². The maximum Gasteiger partial charge on any atom is 0.276 e. The lowest BCUT2D eigenvalue weighted by molar-refractivity contribution is 0.0299. The largest absolute Gasteiger partial charge is 0.378 e. The van der Waals surface area contributed by atoms with Crippen molar-refractivity contribution in [2.45, 2.75) is 51.7 Å². The van der Waals surface area contributed by atoms with E-state index in [4.69, 9.17) is 4.74 Å². The summed E-state index contributed by atoms with van der Waals surface area (Å²) in [7, 11) is 1.98. The van der Waals surface area contributed by atoms with Gasteiger partial charge in [-0.2, -0.15) is 5.10 Å². The highest BCUT2D eigenvalue weighted by Gasteiger charge is 2.25. The summed E-state index contributed by atoms with van der Waals surface area (Å²) in [6, 6.07) is 0.519. The summed E-state index contributed by atoms with van der Waals surface area (Å²) in [5.74, 6) is -0.0501. The number of rotatable bonds is 6. The smallest absolute Gasteiger partial charge is 0.276 e. The molecule has 4 rings (SSSR count). The number of aromatic nitrogens is 5. The van der Waals surface area contributed by atoms with E-state index in [0.29, 0.717) is 38.0 Å². The Hall–Kier alpha value is -2.26. The molecule has 2 saturated heterocycles. The number of piperidine rings is 1. The molecule has 1 amide bonds. The minimum absolute atomic E-state index is 0.0501. The fraction of sp³-hybridized carbons (Fsp3) is 0.700. The standard InChI is InChI=1S/C20H31N7O2/c1-16-17(13-24(2)22-16)14-26-7-4-3-5-18(26)6-8-27-15-19(21-23-27)20(28)25-9-11-29-12-10-25/h13,15,18H,3-12,14H2,1-2H3. The van der Waals surface area contributed by atoms with Crippen molar-refractivity contribution >= 4 is 5.91 Å². The molecule has 4 heterocycles. The average molecular weight is 402 g/mol. The van der Waals surface area contributed by atoms with Crippen LogP contribution in [-0.4, -0.2) is 79.4 Å². The fourth-order valence-corrected chi connectivity index (χ4v) is 4.33. The van der Waals surface area contributed by atoms with Gasteiger partial charge >= 0.3 is 0 Å². The van der Waals surface area contributed by atoms with Crippen molar-refractivity contribution in [2.75, 3.05) is 32.8 Å². The van der Waals surface area contributed by atoms with E-state index in [0.717, 1.165) is 31.7 Å². The van der Waals surface area contributed by atoms with E-state index in [2.05, 4.69) is 33.4 Å². The molecule has 0 spiro atoms. The van der Waals surface area contributed by atoms with Crippen LogP contribution in [0.4, 0.5) is 0 Å². The third-order valence-corrected chi connectivity index (χ3v) is 5.99. The van der Waals surface area contributed by atoms with Gasteiger partial charge in [-0.1, -0.05) is 11.6 Å². The zero-order valence-electron chi connectivity index (χ0n) is 17.5. The number of hydrogen-bond acceptors (Lipinski definition) is 6. The summed E-state index contributed by atoms with van der Waals surface area (Å²) in [5.41, 5.74) is 2.84. The molecule has 2 aliphatic heterocycles. The number of ether oxygens (including phenoxy) is 1. The highest BCUT2D eigenvalue weighted by atomic mass is 16.5. The predicted octanol–water partition coefficient (Wildman–Crippen LogP) is 1.24. The Morgan fingerprint density at radius 2 is 2.03 bits per heavy atom. The summed E-state index contributed by atoms with van der Waals surface area (Å²) in [6.07, 6.45) is 8.64. The maximum absolute atomic E-state index is 12.5. The van der Waals surface area contributed by atoms with Gasteiger partial charge in [-0.05, 0) is 32.7 Å². The second-order valence-electron chi connectivity index (χ2n) is 8.09. The summed E-state index contributed by atoms with van der Waals surface area (Å²) in [4.78, 5) is 16.9. The van der Waals surface area contributed by atoms with Crippen LogP contribution in [0.5, 0.6) is 0 Å². The number of likely N-dealkylation sites (tertiary alicyclic amines) is 1. The molecule has 0 bridgehead atoms. The number of nitrogens with zero attached hydrogens (tertiary/aromatic N) is 7. The molecule has 2 fully saturated rings. The second kappa shape index (κ2) is 9.04. The fourth-order valence-electron chi connectivity index (χ4n) is 4.33. The second-order valence-corrected chi connectivity index (χ2v) is 8.09. The van der Waals surface area contributed by atoms with E-state index in [9.17, 15) is 4.79 Å². The van der Waals surface area contributed by atoms with Crippen molar-refractivity contribution in [1.82, 2.24) is 34.6 Å².